The molecule has 2 amide bonds. The molecule has 0 aliphatic heterocycles. The van der Waals surface area contributed by atoms with E-state index in [2.05, 4.69) is 10.6 Å². The van der Waals surface area contributed by atoms with Gasteiger partial charge in [-0.1, -0.05) is 18.2 Å². The SMILES string of the molecule is COc1ccc(CNC(=O)NC[C@H](OC)c2cccc(F)c2)cc1OC. The summed E-state index contributed by atoms with van der Waals surface area (Å²) >= 11 is 0. The van der Waals surface area contributed by atoms with Crippen LogP contribution < -0.4 is 20.1 Å². The summed E-state index contributed by atoms with van der Waals surface area (Å²) in [6.07, 6.45) is -0.433. The van der Waals surface area contributed by atoms with Crippen molar-refractivity contribution in [2.45, 2.75) is 12.6 Å². The molecule has 0 saturated carbocycles. The number of carbonyl (C=O) groups is 1. The topological polar surface area (TPSA) is 68.8 Å². The number of ether oxygens (including phenoxy) is 3. The zero-order chi connectivity index (χ0) is 18.9. The van der Waals surface area contributed by atoms with Gasteiger partial charge in [-0.25, -0.2) is 9.18 Å². The molecule has 0 fully saturated rings. The van der Waals surface area contributed by atoms with Crippen LogP contribution in [0.1, 0.15) is 17.2 Å². The van der Waals surface area contributed by atoms with Crippen LogP contribution >= 0.6 is 0 Å². The first-order chi connectivity index (χ1) is 12.6. The molecule has 6 nitrogen and oxygen atoms in total. The fraction of sp³-hybridized carbons (Fsp3) is 0.316. The van der Waals surface area contributed by atoms with E-state index in [0.29, 0.717) is 23.6 Å². The molecule has 0 saturated heterocycles. The zero-order valence-corrected chi connectivity index (χ0v) is 15.0. The molecule has 2 rings (SSSR count). The third kappa shape index (κ3) is 5.35. The predicted octanol–water partition coefficient (Wildman–Crippen LogP) is 3.03. The lowest BCUT2D eigenvalue weighted by atomic mass is 10.1. The van der Waals surface area contributed by atoms with E-state index in [1.165, 1.54) is 19.2 Å². The molecule has 140 valence electrons. The van der Waals surface area contributed by atoms with Gasteiger partial charge in [0, 0.05) is 20.2 Å². The number of hydrogen-bond acceptors (Lipinski definition) is 4. The summed E-state index contributed by atoms with van der Waals surface area (Å²) < 4.78 is 29.0. The van der Waals surface area contributed by atoms with Crippen LogP contribution in [0.5, 0.6) is 11.5 Å². The number of amides is 2. The van der Waals surface area contributed by atoms with Crippen molar-refractivity contribution in [3.05, 3.63) is 59.4 Å². The number of hydrogen-bond donors (Lipinski definition) is 2. The number of methoxy groups -OCH3 is 3. The van der Waals surface area contributed by atoms with Gasteiger partial charge in [-0.05, 0) is 35.4 Å². The van der Waals surface area contributed by atoms with E-state index in [0.717, 1.165) is 5.56 Å². The van der Waals surface area contributed by atoms with Crippen LogP contribution in [0.4, 0.5) is 9.18 Å². The molecular weight excluding hydrogens is 339 g/mol. The van der Waals surface area contributed by atoms with E-state index in [1.54, 1.807) is 38.5 Å². The quantitative estimate of drug-likeness (QED) is 0.757. The largest absolute Gasteiger partial charge is 0.493 e. The minimum absolute atomic E-state index is 0.220. The lowest BCUT2D eigenvalue weighted by Gasteiger charge is -2.17. The van der Waals surface area contributed by atoms with Crippen molar-refractivity contribution in [3.8, 4) is 11.5 Å². The Morgan fingerprint density at radius 1 is 1.04 bits per heavy atom. The highest BCUT2D eigenvalue weighted by Gasteiger charge is 2.13. The highest BCUT2D eigenvalue weighted by molar-refractivity contribution is 5.73. The van der Waals surface area contributed by atoms with Gasteiger partial charge in [0.1, 0.15) is 5.82 Å². The van der Waals surface area contributed by atoms with Crippen molar-refractivity contribution in [2.24, 2.45) is 0 Å². The Bertz CT molecular complexity index is 739. The van der Waals surface area contributed by atoms with Gasteiger partial charge in [0.2, 0.25) is 0 Å². The second-order valence-electron chi connectivity index (χ2n) is 5.53. The molecule has 2 aromatic carbocycles. The number of urea groups is 1. The van der Waals surface area contributed by atoms with Crippen LogP contribution in [0.3, 0.4) is 0 Å². The first kappa shape index (κ1) is 19.5. The molecule has 0 unspecified atom stereocenters. The molecule has 2 aromatic rings. The average Bonchev–Trinajstić information content (AvgIpc) is 2.66. The fourth-order valence-electron chi connectivity index (χ4n) is 2.46. The lowest BCUT2D eigenvalue weighted by molar-refractivity contribution is 0.103. The second-order valence-corrected chi connectivity index (χ2v) is 5.53. The van der Waals surface area contributed by atoms with Crippen molar-refractivity contribution in [2.75, 3.05) is 27.9 Å². The molecule has 0 heterocycles. The Kier molecular flexibility index (Phi) is 7.23. The van der Waals surface area contributed by atoms with Gasteiger partial charge in [-0.3, -0.25) is 0 Å². The third-order valence-electron chi connectivity index (χ3n) is 3.85. The maximum absolute atomic E-state index is 13.3. The van der Waals surface area contributed by atoms with Crippen LogP contribution in [-0.4, -0.2) is 33.9 Å². The summed E-state index contributed by atoms with van der Waals surface area (Å²) in [7, 11) is 4.63. The molecule has 0 radical (unpaired) electrons. The average molecular weight is 362 g/mol. The van der Waals surface area contributed by atoms with Crippen molar-refractivity contribution in [1.82, 2.24) is 10.6 Å². The summed E-state index contributed by atoms with van der Waals surface area (Å²) in [6, 6.07) is 11.2. The summed E-state index contributed by atoms with van der Waals surface area (Å²) in [5.74, 6) is 0.874. The van der Waals surface area contributed by atoms with Gasteiger partial charge >= 0.3 is 6.03 Å². The fourth-order valence-corrected chi connectivity index (χ4v) is 2.46. The van der Waals surface area contributed by atoms with Crippen LogP contribution in [-0.2, 0) is 11.3 Å². The van der Waals surface area contributed by atoms with Gasteiger partial charge in [-0.2, -0.15) is 0 Å². The maximum atomic E-state index is 13.3. The Labute approximate surface area is 152 Å². The highest BCUT2D eigenvalue weighted by atomic mass is 19.1. The molecule has 26 heavy (non-hydrogen) atoms. The minimum atomic E-state index is -0.433. The summed E-state index contributed by atoms with van der Waals surface area (Å²) in [4.78, 5) is 12.0. The van der Waals surface area contributed by atoms with Crippen LogP contribution in [0.15, 0.2) is 42.5 Å². The summed E-state index contributed by atoms with van der Waals surface area (Å²) in [5, 5.41) is 5.47. The normalized spacial score (nSPS) is 11.5. The molecule has 0 aromatic heterocycles. The van der Waals surface area contributed by atoms with E-state index >= 15 is 0 Å². The predicted molar refractivity (Wildman–Crippen MR) is 95.9 cm³/mol. The Morgan fingerprint density at radius 2 is 1.81 bits per heavy atom. The summed E-state index contributed by atoms with van der Waals surface area (Å²) in [5.41, 5.74) is 1.53. The zero-order valence-electron chi connectivity index (χ0n) is 15.0. The van der Waals surface area contributed by atoms with Gasteiger partial charge in [-0.15, -0.1) is 0 Å². The number of halogens is 1. The van der Waals surface area contributed by atoms with Gasteiger partial charge in [0.25, 0.3) is 0 Å². The van der Waals surface area contributed by atoms with Gasteiger partial charge in [0.05, 0.1) is 20.3 Å². The van der Waals surface area contributed by atoms with Crippen molar-refractivity contribution < 1.29 is 23.4 Å². The van der Waals surface area contributed by atoms with E-state index in [4.69, 9.17) is 14.2 Å². The van der Waals surface area contributed by atoms with Crippen molar-refractivity contribution >= 4 is 6.03 Å². The smallest absolute Gasteiger partial charge is 0.315 e. The molecule has 0 bridgehead atoms. The summed E-state index contributed by atoms with van der Waals surface area (Å²) in [6.45, 7) is 0.543. The molecular formula is C19H23FN2O4. The van der Waals surface area contributed by atoms with Crippen LogP contribution in [0.25, 0.3) is 0 Å². The monoisotopic (exact) mass is 362 g/mol. The minimum Gasteiger partial charge on any atom is -0.493 e. The third-order valence-corrected chi connectivity index (χ3v) is 3.85. The number of nitrogens with one attached hydrogen (secondary N) is 2. The Balaban J connectivity index is 1.86. The van der Waals surface area contributed by atoms with Gasteiger partial charge in [0.15, 0.2) is 11.5 Å². The van der Waals surface area contributed by atoms with Gasteiger partial charge < -0.3 is 24.8 Å². The van der Waals surface area contributed by atoms with E-state index in [-0.39, 0.29) is 18.4 Å². The molecule has 2 N–H and O–H groups in total. The van der Waals surface area contributed by atoms with E-state index in [9.17, 15) is 9.18 Å². The van der Waals surface area contributed by atoms with E-state index in [1.807, 2.05) is 6.07 Å². The number of benzene rings is 2. The Morgan fingerprint density at radius 3 is 2.46 bits per heavy atom. The molecule has 0 aliphatic rings. The lowest BCUT2D eigenvalue weighted by Crippen LogP contribution is -2.37. The second kappa shape index (κ2) is 9.62. The highest BCUT2D eigenvalue weighted by Crippen LogP contribution is 2.27. The molecule has 0 aliphatic carbocycles. The first-order valence-corrected chi connectivity index (χ1v) is 8.08. The van der Waals surface area contributed by atoms with Crippen LogP contribution in [0.2, 0.25) is 0 Å². The number of carbonyl (C=O) groups excluding carboxylic acids is 1. The number of rotatable bonds is 8. The van der Waals surface area contributed by atoms with E-state index < -0.39 is 6.10 Å². The molecule has 7 heteroatoms. The first-order valence-electron chi connectivity index (χ1n) is 8.08. The maximum Gasteiger partial charge on any atom is 0.315 e. The molecule has 1 atom stereocenters. The van der Waals surface area contributed by atoms with Crippen LogP contribution in [0, 0.1) is 5.82 Å². The Hall–Kier alpha value is -2.80. The van der Waals surface area contributed by atoms with Crippen molar-refractivity contribution in [3.63, 3.8) is 0 Å². The standard InChI is InChI=1S/C19H23FN2O4/c1-24-16-8-7-13(9-17(16)25-2)11-21-19(23)22-12-18(26-3)14-5-4-6-15(20)10-14/h4-10,18H,11-12H2,1-3H3,(H2,21,22,23)/t18-/m0/s1. The van der Waals surface area contributed by atoms with Crippen molar-refractivity contribution in [1.29, 1.82) is 0 Å². The molecule has 0 spiro atoms.